The van der Waals surface area contributed by atoms with Gasteiger partial charge in [-0.1, -0.05) is 78.9 Å². The van der Waals surface area contributed by atoms with Crippen molar-refractivity contribution in [2.24, 2.45) is 0 Å². The van der Waals surface area contributed by atoms with E-state index in [-0.39, 0.29) is 6.42 Å². The first-order chi connectivity index (χ1) is 22.7. The second-order valence-corrected chi connectivity index (χ2v) is 12.3. The highest BCUT2D eigenvalue weighted by Gasteiger charge is 2.54. The van der Waals surface area contributed by atoms with Crippen molar-refractivity contribution in [2.75, 3.05) is 21.3 Å². The van der Waals surface area contributed by atoms with E-state index >= 15 is 0 Å². The Morgan fingerprint density at radius 2 is 1.53 bits per heavy atom. The van der Waals surface area contributed by atoms with E-state index in [1.165, 1.54) is 13.3 Å². The number of hydrogen-bond acceptors (Lipinski definition) is 9. The third-order valence-electron chi connectivity index (χ3n) is 8.06. The molecule has 2 N–H and O–H groups in total. The number of nitrogens with zero attached hydrogens (tertiary/aromatic N) is 1. The first-order valence-electron chi connectivity index (χ1n) is 14.8. The topological polar surface area (TPSA) is 148 Å². The van der Waals surface area contributed by atoms with Crippen LogP contribution >= 0.6 is 7.82 Å². The zero-order valence-corrected chi connectivity index (χ0v) is 27.0. The Balaban J connectivity index is 1.71. The zero-order chi connectivity index (χ0) is 33.6. The quantitative estimate of drug-likeness (QED) is 0.112. The van der Waals surface area contributed by atoms with Crippen LogP contribution in [0.4, 0.5) is 0 Å². The minimum absolute atomic E-state index is 0.175. The summed E-state index contributed by atoms with van der Waals surface area (Å²) in [6.07, 6.45) is -2.63. The number of hydrogen-bond donors (Lipinski definition) is 2. The van der Waals surface area contributed by atoms with E-state index < -0.39 is 55.3 Å². The molecule has 12 nitrogen and oxygen atoms in total. The number of phosphoric ester groups is 1. The predicted molar refractivity (Wildman–Crippen MR) is 173 cm³/mol. The van der Waals surface area contributed by atoms with Gasteiger partial charge in [0.05, 0.1) is 13.2 Å². The number of benzene rings is 3. The van der Waals surface area contributed by atoms with Gasteiger partial charge in [-0.2, -0.15) is 0 Å². The molecule has 1 aliphatic rings. The van der Waals surface area contributed by atoms with E-state index in [0.717, 1.165) is 34.4 Å². The molecule has 6 atom stereocenters. The number of phosphoric acid groups is 1. The monoisotopic (exact) mass is 664 g/mol. The van der Waals surface area contributed by atoms with Crippen molar-refractivity contribution in [3.63, 3.8) is 0 Å². The number of aromatic nitrogens is 2. The summed E-state index contributed by atoms with van der Waals surface area (Å²) in [5, 5.41) is 0. The molecule has 1 unspecified atom stereocenters. The Morgan fingerprint density at radius 1 is 0.936 bits per heavy atom. The summed E-state index contributed by atoms with van der Waals surface area (Å²) < 4.78 is 49.4. The molecule has 0 bridgehead atoms. The summed E-state index contributed by atoms with van der Waals surface area (Å²) in [4.78, 5) is 37.5. The molecule has 0 aliphatic carbocycles. The van der Waals surface area contributed by atoms with Crippen LogP contribution in [-0.2, 0) is 33.4 Å². The number of nitrogens with one attached hydrogen (secondary N) is 1. The van der Waals surface area contributed by atoms with Crippen molar-refractivity contribution in [1.29, 1.82) is 0 Å². The number of H-pyrrole nitrogens is 1. The number of methoxy groups -OCH3 is 2. The van der Waals surface area contributed by atoms with Crippen molar-refractivity contribution in [1.82, 2.24) is 9.55 Å². The molecule has 0 spiro atoms. The van der Waals surface area contributed by atoms with E-state index in [1.807, 2.05) is 84.9 Å². The van der Waals surface area contributed by atoms with Gasteiger partial charge >= 0.3 is 13.5 Å². The molecule has 1 aliphatic heterocycles. The maximum atomic E-state index is 12.9. The Hall–Kier alpha value is -4.13. The van der Waals surface area contributed by atoms with Crippen LogP contribution in [0.1, 0.15) is 29.3 Å². The van der Waals surface area contributed by atoms with Gasteiger partial charge in [-0.15, -0.1) is 6.58 Å². The average Bonchev–Trinajstić information content (AvgIpc) is 3.44. The van der Waals surface area contributed by atoms with Gasteiger partial charge in [0.25, 0.3) is 5.56 Å². The van der Waals surface area contributed by atoms with E-state index in [4.69, 9.17) is 28.0 Å². The Bertz CT molecular complexity index is 1760. The van der Waals surface area contributed by atoms with Gasteiger partial charge in [0.2, 0.25) is 0 Å². The van der Waals surface area contributed by atoms with Crippen LogP contribution in [0, 0.1) is 0 Å². The maximum Gasteiger partial charge on any atom is 0.472 e. The molecule has 47 heavy (non-hydrogen) atoms. The SMILES string of the molecule is C=CC[C@H](OC(c1ccccc1)(c1ccccc1)c1ccc(OC)cc1)[C@H]1O[C@@H](n2ccc(=O)[nH]c2=O)[C@H](OC)[C@@H]1OP(=O)(O)OC. The molecule has 5 rings (SSSR count). The number of aromatic amines is 1. The molecule has 4 aromatic rings. The molecule has 2 heterocycles. The summed E-state index contributed by atoms with van der Waals surface area (Å²) in [7, 11) is -0.669. The molecule has 0 saturated carbocycles. The smallest absolute Gasteiger partial charge is 0.472 e. The molecule has 3 aromatic carbocycles. The molecule has 13 heteroatoms. The lowest BCUT2D eigenvalue weighted by Gasteiger charge is -2.41. The van der Waals surface area contributed by atoms with Crippen molar-refractivity contribution in [3.8, 4) is 5.75 Å². The second kappa shape index (κ2) is 14.7. The fourth-order valence-corrected chi connectivity index (χ4v) is 6.53. The van der Waals surface area contributed by atoms with Crippen LogP contribution in [0.25, 0.3) is 0 Å². The van der Waals surface area contributed by atoms with Crippen LogP contribution < -0.4 is 16.0 Å². The summed E-state index contributed by atoms with van der Waals surface area (Å²) in [5.74, 6) is 0.648. The molecule has 248 valence electrons. The summed E-state index contributed by atoms with van der Waals surface area (Å²) >= 11 is 0. The lowest BCUT2D eigenvalue weighted by Crippen LogP contribution is -2.46. The van der Waals surface area contributed by atoms with Crippen LogP contribution in [-0.4, -0.2) is 60.2 Å². The zero-order valence-electron chi connectivity index (χ0n) is 26.1. The maximum absolute atomic E-state index is 12.9. The van der Waals surface area contributed by atoms with Crippen LogP contribution in [0.5, 0.6) is 5.75 Å². The normalized spacial score (nSPS) is 21.5. The van der Waals surface area contributed by atoms with E-state index in [0.29, 0.717) is 5.75 Å². The van der Waals surface area contributed by atoms with Gasteiger partial charge in [-0.3, -0.25) is 23.4 Å². The van der Waals surface area contributed by atoms with Gasteiger partial charge in [0.15, 0.2) is 6.23 Å². The van der Waals surface area contributed by atoms with Gasteiger partial charge < -0.3 is 23.8 Å². The fraction of sp³-hybridized carbons (Fsp3) is 0.294. The fourth-order valence-electron chi connectivity index (χ4n) is 5.90. The van der Waals surface area contributed by atoms with Crippen molar-refractivity contribution >= 4 is 7.82 Å². The highest BCUT2D eigenvalue weighted by atomic mass is 31.2. The Morgan fingerprint density at radius 3 is 2.04 bits per heavy atom. The van der Waals surface area contributed by atoms with Crippen molar-refractivity contribution in [2.45, 2.75) is 42.7 Å². The minimum Gasteiger partial charge on any atom is -0.497 e. The predicted octanol–water partition coefficient (Wildman–Crippen LogP) is 4.54. The molecular weight excluding hydrogens is 627 g/mol. The minimum atomic E-state index is -4.64. The second-order valence-electron chi connectivity index (χ2n) is 10.8. The molecule has 0 radical (unpaired) electrons. The lowest BCUT2D eigenvalue weighted by molar-refractivity contribution is -0.142. The molecule has 1 saturated heterocycles. The molecule has 0 amide bonds. The first-order valence-corrected chi connectivity index (χ1v) is 16.3. The number of rotatable bonds is 14. The Kier molecular flexibility index (Phi) is 10.7. The van der Waals surface area contributed by atoms with Crippen LogP contribution in [0.3, 0.4) is 0 Å². The van der Waals surface area contributed by atoms with E-state index in [2.05, 4.69) is 11.6 Å². The highest BCUT2D eigenvalue weighted by molar-refractivity contribution is 7.47. The van der Waals surface area contributed by atoms with Gasteiger partial charge in [-0.25, -0.2) is 9.36 Å². The van der Waals surface area contributed by atoms with Gasteiger partial charge in [0, 0.05) is 26.5 Å². The largest absolute Gasteiger partial charge is 0.497 e. The standard InChI is InChI=1S/C34H37N2O10P/c1-5-12-27(29-30(46-47(39,40)43-4)31(42-3)32(44-29)36-22-21-28(37)35-33(36)38)45-34(23-13-8-6-9-14-23,24-15-10-7-11-16-24)25-17-19-26(41-2)20-18-25/h5-11,13-22,27,29-32H,1,12H2,2-4H3,(H,39,40)(H,35,37,38)/t27-,29+,30+,31+,32+/m0/s1. The summed E-state index contributed by atoms with van der Waals surface area (Å²) in [5.41, 5.74) is -0.336. The summed E-state index contributed by atoms with van der Waals surface area (Å²) in [6.45, 7) is 3.95. The van der Waals surface area contributed by atoms with E-state index in [9.17, 15) is 19.0 Å². The van der Waals surface area contributed by atoms with Crippen LogP contribution in [0.15, 0.2) is 119 Å². The van der Waals surface area contributed by atoms with Gasteiger partial charge in [0.1, 0.15) is 29.7 Å². The molecule has 1 fully saturated rings. The third kappa shape index (κ3) is 7.09. The number of ether oxygens (including phenoxy) is 4. The van der Waals surface area contributed by atoms with Crippen molar-refractivity contribution in [3.05, 3.63) is 147 Å². The Labute approximate surface area is 271 Å². The first kappa shape index (κ1) is 34.2. The lowest BCUT2D eigenvalue weighted by atomic mass is 9.79. The highest BCUT2D eigenvalue weighted by Crippen LogP contribution is 2.50. The summed E-state index contributed by atoms with van der Waals surface area (Å²) in [6, 6.07) is 27.8. The van der Waals surface area contributed by atoms with Gasteiger partial charge in [-0.05, 0) is 35.2 Å². The van der Waals surface area contributed by atoms with E-state index in [1.54, 1.807) is 13.2 Å². The van der Waals surface area contributed by atoms with Crippen LogP contribution in [0.2, 0.25) is 0 Å². The molecular formula is C34H37N2O10P. The average molecular weight is 665 g/mol. The molecule has 1 aromatic heterocycles. The third-order valence-corrected chi connectivity index (χ3v) is 9.03. The van der Waals surface area contributed by atoms with Crippen molar-refractivity contribution < 1.29 is 37.5 Å².